The van der Waals surface area contributed by atoms with Gasteiger partial charge in [0.15, 0.2) is 0 Å². The van der Waals surface area contributed by atoms with Gasteiger partial charge in [-0.05, 0) is 35.0 Å². The lowest BCUT2D eigenvalue weighted by molar-refractivity contribution is 0.256. The van der Waals surface area contributed by atoms with Gasteiger partial charge in [0.1, 0.15) is 0 Å². The summed E-state index contributed by atoms with van der Waals surface area (Å²) in [6, 6.07) is 0. The lowest BCUT2D eigenvalue weighted by atomic mass is 10.4. The maximum atomic E-state index is 2.37. The monoisotopic (exact) mass is 213 g/mol. The van der Waals surface area contributed by atoms with Crippen LogP contribution in [-0.4, -0.2) is 69.1 Å². The quantitative estimate of drug-likeness (QED) is 0.632. The molecule has 0 spiro atoms. The fourth-order valence-corrected chi connectivity index (χ4v) is 1.20. The van der Waals surface area contributed by atoms with Gasteiger partial charge in [0.2, 0.25) is 0 Å². The van der Waals surface area contributed by atoms with E-state index in [1.807, 2.05) is 0 Å². The molecule has 0 unspecified atom stereocenters. The molecule has 3 nitrogen and oxygen atoms in total. The summed E-state index contributed by atoms with van der Waals surface area (Å²) in [6.45, 7) is 8.72. The average molecular weight is 213 g/mol. The Bertz CT molecular complexity index is 187. The van der Waals surface area contributed by atoms with Gasteiger partial charge in [-0.1, -0.05) is 6.08 Å². The molecular weight excluding hydrogens is 186 g/mol. The van der Waals surface area contributed by atoms with Crippen LogP contribution in [0.2, 0.25) is 0 Å². The molecule has 0 heterocycles. The summed E-state index contributed by atoms with van der Waals surface area (Å²) in [4.78, 5) is 6.89. The standard InChI is InChI=1S/C12H27N3/c1-7-12(2)15(6)11-10-14(5)9-8-13(3)4/h7H,8-11H2,1-6H3/b12-7-. The molecule has 0 rings (SSSR count). The molecule has 0 aliphatic rings. The highest BCUT2D eigenvalue weighted by Crippen LogP contribution is 1.98. The number of likely N-dealkylation sites (N-methyl/N-ethyl adjacent to an activating group) is 3. The molecule has 0 aromatic carbocycles. The van der Waals surface area contributed by atoms with E-state index < -0.39 is 0 Å². The highest BCUT2D eigenvalue weighted by molar-refractivity contribution is 4.93. The molecule has 90 valence electrons. The number of allylic oxidation sites excluding steroid dienone is 2. The first-order valence-electron chi connectivity index (χ1n) is 5.64. The lowest BCUT2D eigenvalue weighted by Gasteiger charge is -2.24. The van der Waals surface area contributed by atoms with E-state index in [2.05, 4.69) is 62.8 Å². The molecule has 0 aromatic rings. The molecule has 0 N–H and O–H groups in total. The van der Waals surface area contributed by atoms with Crippen LogP contribution in [0.15, 0.2) is 11.8 Å². The van der Waals surface area contributed by atoms with Gasteiger partial charge in [0.25, 0.3) is 0 Å². The van der Waals surface area contributed by atoms with Crippen molar-refractivity contribution in [1.82, 2.24) is 14.7 Å². The van der Waals surface area contributed by atoms with Gasteiger partial charge in [-0.25, -0.2) is 0 Å². The second-order valence-electron chi connectivity index (χ2n) is 4.46. The minimum atomic E-state index is 1.10. The summed E-state index contributed by atoms with van der Waals surface area (Å²) in [5.74, 6) is 0. The van der Waals surface area contributed by atoms with Gasteiger partial charge in [0.05, 0.1) is 0 Å². The predicted octanol–water partition coefficient (Wildman–Crippen LogP) is 1.34. The van der Waals surface area contributed by atoms with Crippen molar-refractivity contribution in [3.05, 3.63) is 11.8 Å². The van der Waals surface area contributed by atoms with Crippen LogP contribution in [0.4, 0.5) is 0 Å². The molecule has 3 heteroatoms. The molecule has 0 amide bonds. The van der Waals surface area contributed by atoms with Crippen molar-refractivity contribution >= 4 is 0 Å². The second-order valence-corrected chi connectivity index (χ2v) is 4.46. The highest BCUT2D eigenvalue weighted by atomic mass is 15.2. The molecule has 0 bridgehead atoms. The van der Waals surface area contributed by atoms with Crippen LogP contribution in [0.3, 0.4) is 0 Å². The van der Waals surface area contributed by atoms with Crippen LogP contribution >= 0.6 is 0 Å². The molecule has 0 saturated carbocycles. The van der Waals surface area contributed by atoms with Crippen molar-refractivity contribution in [3.63, 3.8) is 0 Å². The van der Waals surface area contributed by atoms with E-state index in [-0.39, 0.29) is 0 Å². The third-order valence-corrected chi connectivity index (χ3v) is 2.77. The Morgan fingerprint density at radius 1 is 0.933 bits per heavy atom. The lowest BCUT2D eigenvalue weighted by Crippen LogP contribution is -2.34. The first-order chi connectivity index (χ1) is 6.97. The van der Waals surface area contributed by atoms with Crippen LogP contribution in [0.1, 0.15) is 13.8 Å². The van der Waals surface area contributed by atoms with Crippen molar-refractivity contribution in [2.45, 2.75) is 13.8 Å². The van der Waals surface area contributed by atoms with Crippen molar-refractivity contribution in [2.75, 3.05) is 54.4 Å². The molecule has 0 fully saturated rings. The van der Waals surface area contributed by atoms with E-state index in [0.29, 0.717) is 0 Å². The zero-order valence-electron chi connectivity index (χ0n) is 11.2. The van der Waals surface area contributed by atoms with Crippen molar-refractivity contribution < 1.29 is 0 Å². The Hall–Kier alpha value is -0.540. The first kappa shape index (κ1) is 14.5. The van der Waals surface area contributed by atoms with Crippen LogP contribution in [0.5, 0.6) is 0 Å². The Morgan fingerprint density at radius 3 is 1.93 bits per heavy atom. The molecule has 0 saturated heterocycles. The van der Waals surface area contributed by atoms with Gasteiger partial charge in [-0.2, -0.15) is 0 Å². The normalized spacial score (nSPS) is 12.7. The molecule has 0 atom stereocenters. The summed E-state index contributed by atoms with van der Waals surface area (Å²) in [5, 5.41) is 0. The zero-order chi connectivity index (χ0) is 11.8. The Labute approximate surface area is 95.3 Å². The Kier molecular flexibility index (Phi) is 7.44. The summed E-state index contributed by atoms with van der Waals surface area (Å²) < 4.78 is 0. The largest absolute Gasteiger partial charge is 0.377 e. The van der Waals surface area contributed by atoms with Crippen LogP contribution < -0.4 is 0 Å². The Balaban J connectivity index is 3.66. The Morgan fingerprint density at radius 2 is 1.47 bits per heavy atom. The minimum absolute atomic E-state index is 1.10. The SMILES string of the molecule is C/C=C(/C)N(C)CCN(C)CCN(C)C. The number of hydrogen-bond acceptors (Lipinski definition) is 3. The number of hydrogen-bond donors (Lipinski definition) is 0. The van der Waals surface area contributed by atoms with Gasteiger partial charge in [0, 0.05) is 38.9 Å². The molecule has 0 aliphatic heterocycles. The van der Waals surface area contributed by atoms with Gasteiger partial charge >= 0.3 is 0 Å². The summed E-state index contributed by atoms with van der Waals surface area (Å²) in [6.07, 6.45) is 2.15. The summed E-state index contributed by atoms with van der Waals surface area (Å²) >= 11 is 0. The van der Waals surface area contributed by atoms with Gasteiger partial charge in [-0.15, -0.1) is 0 Å². The summed E-state index contributed by atoms with van der Waals surface area (Å²) in [5.41, 5.74) is 1.34. The summed E-state index contributed by atoms with van der Waals surface area (Å²) in [7, 11) is 8.56. The van der Waals surface area contributed by atoms with Crippen LogP contribution in [-0.2, 0) is 0 Å². The van der Waals surface area contributed by atoms with Gasteiger partial charge < -0.3 is 14.7 Å². The topological polar surface area (TPSA) is 9.72 Å². The predicted molar refractivity (Wildman–Crippen MR) is 68.1 cm³/mol. The fourth-order valence-electron chi connectivity index (χ4n) is 1.20. The van der Waals surface area contributed by atoms with E-state index in [9.17, 15) is 0 Å². The third-order valence-electron chi connectivity index (χ3n) is 2.77. The van der Waals surface area contributed by atoms with E-state index in [0.717, 1.165) is 26.2 Å². The van der Waals surface area contributed by atoms with Crippen molar-refractivity contribution in [1.29, 1.82) is 0 Å². The van der Waals surface area contributed by atoms with Crippen molar-refractivity contribution in [3.8, 4) is 0 Å². The average Bonchev–Trinajstić information content (AvgIpc) is 2.21. The zero-order valence-corrected chi connectivity index (χ0v) is 11.2. The van der Waals surface area contributed by atoms with Crippen molar-refractivity contribution in [2.24, 2.45) is 0 Å². The molecule has 0 aromatic heterocycles. The highest BCUT2D eigenvalue weighted by Gasteiger charge is 2.02. The molecule has 15 heavy (non-hydrogen) atoms. The molecular formula is C12H27N3. The minimum Gasteiger partial charge on any atom is -0.377 e. The molecule has 0 aliphatic carbocycles. The van der Waals surface area contributed by atoms with E-state index >= 15 is 0 Å². The van der Waals surface area contributed by atoms with E-state index in [1.165, 1.54) is 5.70 Å². The number of nitrogens with zero attached hydrogens (tertiary/aromatic N) is 3. The smallest absolute Gasteiger partial charge is 0.0299 e. The number of rotatable bonds is 7. The maximum Gasteiger partial charge on any atom is 0.0299 e. The molecule has 0 radical (unpaired) electrons. The van der Waals surface area contributed by atoms with Gasteiger partial charge in [-0.3, -0.25) is 0 Å². The van der Waals surface area contributed by atoms with E-state index in [4.69, 9.17) is 0 Å². The third kappa shape index (κ3) is 7.40. The van der Waals surface area contributed by atoms with E-state index in [1.54, 1.807) is 0 Å². The fraction of sp³-hybridized carbons (Fsp3) is 0.833. The second kappa shape index (κ2) is 7.71. The maximum absolute atomic E-state index is 2.37. The van der Waals surface area contributed by atoms with Crippen LogP contribution in [0.25, 0.3) is 0 Å². The first-order valence-corrected chi connectivity index (χ1v) is 5.64. The van der Waals surface area contributed by atoms with Crippen LogP contribution in [0, 0.1) is 0 Å².